The summed E-state index contributed by atoms with van der Waals surface area (Å²) in [6.45, 7) is 0.600. The molecule has 0 aliphatic heterocycles. The number of hydrogen-bond acceptors (Lipinski definition) is 7. The Morgan fingerprint density at radius 1 is 1.03 bits per heavy atom. The SMILES string of the molecule is C[N+](C)(C)C[C@@H](CC(=O)O)OP(=O)(O)OCCCCCCCCOc1cccc(OC(F)(F)F)c1.[OH-]. The van der Waals surface area contributed by atoms with Crippen molar-refractivity contribution in [1.29, 1.82) is 0 Å². The van der Waals surface area contributed by atoms with Crippen molar-refractivity contribution < 1.29 is 61.0 Å². The molecular formula is C22H37F3NO9P. The minimum absolute atomic E-state index is 0. The van der Waals surface area contributed by atoms with Crippen LogP contribution in [-0.4, -0.2) is 79.3 Å². The van der Waals surface area contributed by atoms with Crippen molar-refractivity contribution in [1.82, 2.24) is 0 Å². The van der Waals surface area contributed by atoms with Crippen LogP contribution in [0, 0.1) is 0 Å². The molecule has 0 saturated carbocycles. The lowest BCUT2D eigenvalue weighted by Gasteiger charge is -2.29. The second kappa shape index (κ2) is 16.1. The molecular weight excluding hydrogens is 510 g/mol. The molecule has 36 heavy (non-hydrogen) atoms. The first kappa shape index (κ1) is 34.1. The van der Waals surface area contributed by atoms with E-state index in [4.69, 9.17) is 18.9 Å². The van der Waals surface area contributed by atoms with Gasteiger partial charge in [0.25, 0.3) is 0 Å². The van der Waals surface area contributed by atoms with Gasteiger partial charge < -0.3 is 29.4 Å². The summed E-state index contributed by atoms with van der Waals surface area (Å²) >= 11 is 0. The third-order valence-electron chi connectivity index (χ3n) is 4.54. The first-order chi connectivity index (χ1) is 16.2. The number of ether oxygens (including phenoxy) is 2. The molecule has 1 aromatic carbocycles. The van der Waals surface area contributed by atoms with E-state index < -0.39 is 32.7 Å². The second-order valence-corrected chi connectivity index (χ2v) is 10.5. The molecule has 0 saturated heterocycles. The Morgan fingerprint density at radius 2 is 1.58 bits per heavy atom. The van der Waals surface area contributed by atoms with Gasteiger partial charge in [0, 0.05) is 6.07 Å². The Bertz CT molecular complexity index is 819. The van der Waals surface area contributed by atoms with Gasteiger partial charge in [-0.25, -0.2) is 4.57 Å². The van der Waals surface area contributed by atoms with Gasteiger partial charge in [-0.2, -0.15) is 0 Å². The largest absolute Gasteiger partial charge is 0.870 e. The molecule has 0 aromatic heterocycles. The number of carbonyl (C=O) groups is 1. The van der Waals surface area contributed by atoms with E-state index >= 15 is 0 Å². The minimum atomic E-state index is -4.75. The molecule has 2 atom stereocenters. The number of nitrogens with zero attached hydrogens (tertiary/aromatic N) is 1. The molecule has 1 aromatic rings. The Kier molecular flexibility index (Phi) is 15.2. The van der Waals surface area contributed by atoms with Crippen molar-refractivity contribution in [3.8, 4) is 11.5 Å². The molecule has 0 heterocycles. The molecule has 0 aliphatic rings. The summed E-state index contributed by atoms with van der Waals surface area (Å²) in [5, 5.41) is 8.98. The Labute approximate surface area is 209 Å². The van der Waals surface area contributed by atoms with Gasteiger partial charge in [-0.3, -0.25) is 13.8 Å². The van der Waals surface area contributed by atoms with E-state index in [9.17, 15) is 27.4 Å². The highest BCUT2D eigenvalue weighted by molar-refractivity contribution is 7.47. The Hall–Kier alpha value is -1.89. The zero-order valence-electron chi connectivity index (χ0n) is 20.8. The van der Waals surface area contributed by atoms with Crippen molar-refractivity contribution in [2.45, 2.75) is 57.4 Å². The fraction of sp³-hybridized carbons (Fsp3) is 0.682. The molecule has 210 valence electrons. The number of phosphoric acid groups is 1. The maximum Gasteiger partial charge on any atom is 0.573 e. The third-order valence-corrected chi connectivity index (χ3v) is 5.61. The van der Waals surface area contributed by atoms with Crippen LogP contribution >= 0.6 is 7.82 Å². The molecule has 0 amide bonds. The molecule has 0 spiro atoms. The highest BCUT2D eigenvalue weighted by Crippen LogP contribution is 2.45. The summed E-state index contributed by atoms with van der Waals surface area (Å²) in [7, 11) is 1.09. The normalized spacial score (nSPS) is 14.4. The molecule has 0 fully saturated rings. The lowest BCUT2D eigenvalue weighted by atomic mass is 10.1. The highest BCUT2D eigenvalue weighted by atomic mass is 31.2. The summed E-state index contributed by atoms with van der Waals surface area (Å²) < 4.78 is 68.6. The summed E-state index contributed by atoms with van der Waals surface area (Å²) in [5.41, 5.74) is 0. The predicted molar refractivity (Wildman–Crippen MR) is 124 cm³/mol. The smallest absolute Gasteiger partial charge is 0.573 e. The number of likely N-dealkylation sites (N-methyl/N-ethyl adjacent to an activating group) is 1. The monoisotopic (exact) mass is 547 g/mol. The first-order valence-electron chi connectivity index (χ1n) is 11.3. The number of hydrogen-bond donors (Lipinski definition) is 2. The van der Waals surface area contributed by atoms with Crippen LogP contribution in [0.25, 0.3) is 0 Å². The van der Waals surface area contributed by atoms with Crippen LogP contribution in [0.15, 0.2) is 24.3 Å². The molecule has 0 aliphatic carbocycles. The lowest BCUT2D eigenvalue weighted by Crippen LogP contribution is -2.42. The van der Waals surface area contributed by atoms with Crippen LogP contribution in [0.3, 0.4) is 0 Å². The van der Waals surface area contributed by atoms with Crippen LogP contribution in [0.2, 0.25) is 0 Å². The summed E-state index contributed by atoms with van der Waals surface area (Å²) in [5.74, 6) is -1.16. The van der Waals surface area contributed by atoms with E-state index in [1.807, 2.05) is 21.1 Å². The van der Waals surface area contributed by atoms with Crippen molar-refractivity contribution in [2.75, 3.05) is 40.9 Å². The molecule has 1 unspecified atom stereocenters. The lowest BCUT2D eigenvalue weighted by molar-refractivity contribution is -0.873. The van der Waals surface area contributed by atoms with Crippen LogP contribution in [0.1, 0.15) is 44.9 Å². The highest BCUT2D eigenvalue weighted by Gasteiger charge is 2.32. The number of quaternary nitrogens is 1. The summed E-state index contributed by atoms with van der Waals surface area (Å²) in [6, 6.07) is 5.36. The van der Waals surface area contributed by atoms with Crippen molar-refractivity contribution >= 4 is 13.8 Å². The molecule has 0 bridgehead atoms. The van der Waals surface area contributed by atoms with Gasteiger partial charge in [0.2, 0.25) is 0 Å². The van der Waals surface area contributed by atoms with E-state index in [2.05, 4.69) is 4.74 Å². The average Bonchev–Trinajstić information content (AvgIpc) is 2.66. The molecule has 1 rings (SSSR count). The van der Waals surface area contributed by atoms with Crippen LogP contribution in [0.5, 0.6) is 11.5 Å². The molecule has 3 N–H and O–H groups in total. The second-order valence-electron chi connectivity index (χ2n) is 9.09. The number of alkyl halides is 3. The van der Waals surface area contributed by atoms with Gasteiger partial charge in [0.15, 0.2) is 0 Å². The fourth-order valence-electron chi connectivity index (χ4n) is 3.20. The number of rotatable bonds is 18. The van der Waals surface area contributed by atoms with E-state index in [-0.39, 0.29) is 24.4 Å². The maximum atomic E-state index is 12.3. The maximum absolute atomic E-state index is 12.3. The van der Waals surface area contributed by atoms with E-state index in [0.717, 1.165) is 32.1 Å². The standard InChI is InChI=1S/C22H35F3NO8P.H2O/c1-26(2,3)17-20(16-21(27)28)34-35(29,30)32-14-9-7-5-4-6-8-13-31-18-11-10-12-19(15-18)33-22(23,24)25;/h10-12,15,20H,4-9,13-14,16-17H2,1-3H3,(H-,27,28,29,30);1H2/t20-;/m1./s1. The zero-order chi connectivity index (χ0) is 26.5. The Morgan fingerprint density at radius 3 is 2.14 bits per heavy atom. The first-order valence-corrected chi connectivity index (χ1v) is 12.8. The van der Waals surface area contributed by atoms with E-state index in [0.29, 0.717) is 23.3 Å². The van der Waals surface area contributed by atoms with Gasteiger partial charge >= 0.3 is 20.2 Å². The number of halogens is 3. The number of carboxylic acid groups (broad SMARTS) is 1. The fourth-order valence-corrected chi connectivity index (χ4v) is 4.14. The van der Waals surface area contributed by atoms with Crippen LogP contribution in [-0.2, 0) is 18.4 Å². The van der Waals surface area contributed by atoms with Crippen LogP contribution < -0.4 is 9.47 Å². The number of unbranched alkanes of at least 4 members (excludes halogenated alkanes) is 5. The van der Waals surface area contributed by atoms with E-state index in [1.165, 1.54) is 18.2 Å². The van der Waals surface area contributed by atoms with Crippen molar-refractivity contribution in [3.63, 3.8) is 0 Å². The summed E-state index contributed by atoms with van der Waals surface area (Å²) in [6.07, 6.45) is -1.49. The van der Waals surface area contributed by atoms with Gasteiger partial charge in [-0.05, 0) is 25.0 Å². The quantitative estimate of drug-likeness (QED) is 0.150. The number of benzene rings is 1. The topological polar surface area (TPSA) is 142 Å². The van der Waals surface area contributed by atoms with Crippen molar-refractivity contribution in [2.24, 2.45) is 0 Å². The van der Waals surface area contributed by atoms with Gasteiger partial charge in [0.1, 0.15) is 24.1 Å². The van der Waals surface area contributed by atoms with Gasteiger partial charge in [-0.15, -0.1) is 13.2 Å². The summed E-state index contributed by atoms with van der Waals surface area (Å²) in [4.78, 5) is 20.9. The average molecular weight is 548 g/mol. The van der Waals surface area contributed by atoms with Gasteiger partial charge in [0.05, 0.1) is 40.8 Å². The van der Waals surface area contributed by atoms with E-state index in [1.54, 1.807) is 6.07 Å². The number of phosphoric ester groups is 1. The minimum Gasteiger partial charge on any atom is -0.870 e. The molecule has 0 radical (unpaired) electrons. The molecule has 14 heteroatoms. The predicted octanol–water partition coefficient (Wildman–Crippen LogP) is 4.81. The third kappa shape index (κ3) is 18.4. The molecule has 10 nitrogen and oxygen atoms in total. The number of aliphatic carboxylic acids is 1. The Balaban J connectivity index is 0.0000122. The zero-order valence-corrected chi connectivity index (χ0v) is 21.7. The van der Waals surface area contributed by atoms with Crippen molar-refractivity contribution in [3.05, 3.63) is 24.3 Å². The van der Waals surface area contributed by atoms with Crippen LogP contribution in [0.4, 0.5) is 13.2 Å². The number of carboxylic acids is 1. The van der Waals surface area contributed by atoms with Gasteiger partial charge in [-0.1, -0.05) is 31.7 Å².